The Morgan fingerprint density at radius 3 is 3.06 bits per heavy atom. The highest BCUT2D eigenvalue weighted by molar-refractivity contribution is 7.12. The highest BCUT2D eigenvalue weighted by Gasteiger charge is 2.32. The Balaban J connectivity index is 2.21. The van der Waals surface area contributed by atoms with Crippen molar-refractivity contribution < 1.29 is 14.6 Å². The maximum absolute atomic E-state index is 12.5. The molecule has 1 saturated heterocycles. The fourth-order valence-corrected chi connectivity index (χ4v) is 3.27. The number of carbonyl (C=O) groups excluding carboxylic acids is 1. The number of aliphatic hydroxyl groups excluding tert-OH is 1. The summed E-state index contributed by atoms with van der Waals surface area (Å²) >= 11 is 1.39. The van der Waals surface area contributed by atoms with Crippen molar-refractivity contribution in [3.05, 3.63) is 16.3 Å². The zero-order valence-electron chi connectivity index (χ0n) is 10.8. The van der Waals surface area contributed by atoms with Gasteiger partial charge in [-0.15, -0.1) is 11.3 Å². The molecule has 0 spiro atoms. The molecular weight excluding hydrogens is 250 g/mol. The number of piperidine rings is 1. The Morgan fingerprint density at radius 1 is 1.61 bits per heavy atom. The van der Waals surface area contributed by atoms with Crippen LogP contribution in [0.4, 0.5) is 0 Å². The molecule has 1 fully saturated rings. The van der Waals surface area contributed by atoms with Crippen LogP contribution in [0.15, 0.2) is 11.4 Å². The minimum absolute atomic E-state index is 0.0209. The van der Waals surface area contributed by atoms with Gasteiger partial charge in [-0.2, -0.15) is 0 Å². The number of methoxy groups -OCH3 is 1. The molecular formula is C13H19NO3S. The van der Waals surface area contributed by atoms with Gasteiger partial charge in [-0.1, -0.05) is 0 Å². The van der Waals surface area contributed by atoms with Crippen LogP contribution in [0.1, 0.15) is 35.9 Å². The second kappa shape index (κ2) is 5.71. The van der Waals surface area contributed by atoms with E-state index in [0.717, 1.165) is 25.8 Å². The van der Waals surface area contributed by atoms with Crippen LogP contribution in [-0.2, 0) is 0 Å². The van der Waals surface area contributed by atoms with Crippen molar-refractivity contribution in [2.75, 3.05) is 13.7 Å². The van der Waals surface area contributed by atoms with E-state index in [-0.39, 0.29) is 11.9 Å². The summed E-state index contributed by atoms with van der Waals surface area (Å²) in [5.74, 6) is 0.604. The second-order valence-corrected chi connectivity index (χ2v) is 5.54. The van der Waals surface area contributed by atoms with Crippen molar-refractivity contribution in [2.24, 2.45) is 0 Å². The van der Waals surface area contributed by atoms with Crippen LogP contribution in [0, 0.1) is 0 Å². The van der Waals surface area contributed by atoms with Gasteiger partial charge in [0.2, 0.25) is 0 Å². The maximum atomic E-state index is 12.5. The van der Waals surface area contributed by atoms with Gasteiger partial charge in [0.1, 0.15) is 10.6 Å². The molecule has 1 N–H and O–H groups in total. The maximum Gasteiger partial charge on any atom is 0.268 e. The minimum Gasteiger partial charge on any atom is -0.495 e. The number of nitrogens with zero attached hydrogens (tertiary/aromatic N) is 1. The van der Waals surface area contributed by atoms with Crippen molar-refractivity contribution in [3.8, 4) is 5.75 Å². The highest BCUT2D eigenvalue weighted by atomic mass is 32.1. The van der Waals surface area contributed by atoms with E-state index in [0.29, 0.717) is 10.6 Å². The van der Waals surface area contributed by atoms with Gasteiger partial charge in [0.15, 0.2) is 0 Å². The third-order valence-corrected chi connectivity index (χ3v) is 4.29. The van der Waals surface area contributed by atoms with E-state index in [1.54, 1.807) is 25.0 Å². The summed E-state index contributed by atoms with van der Waals surface area (Å²) in [6.07, 6.45) is 2.46. The quantitative estimate of drug-likeness (QED) is 0.914. The van der Waals surface area contributed by atoms with E-state index in [9.17, 15) is 9.90 Å². The van der Waals surface area contributed by atoms with Crippen LogP contribution >= 0.6 is 11.3 Å². The smallest absolute Gasteiger partial charge is 0.268 e. The average molecular weight is 269 g/mol. The molecule has 100 valence electrons. The Labute approximate surface area is 111 Å². The lowest BCUT2D eigenvalue weighted by molar-refractivity contribution is 0.0282. The molecule has 0 aliphatic carbocycles. The number of ether oxygens (including phenoxy) is 1. The minimum atomic E-state index is -0.486. The number of hydrogen-bond donors (Lipinski definition) is 1. The molecule has 0 saturated carbocycles. The number of thiophene rings is 1. The van der Waals surface area contributed by atoms with Crippen LogP contribution in [-0.4, -0.2) is 41.7 Å². The van der Waals surface area contributed by atoms with E-state index in [1.807, 2.05) is 5.38 Å². The molecule has 1 aromatic rings. The lowest BCUT2D eigenvalue weighted by Crippen LogP contribution is -2.48. The Bertz CT molecular complexity index is 416. The zero-order chi connectivity index (χ0) is 13.1. The summed E-state index contributed by atoms with van der Waals surface area (Å²) < 4.78 is 5.19. The largest absolute Gasteiger partial charge is 0.495 e. The summed E-state index contributed by atoms with van der Waals surface area (Å²) in [6, 6.07) is 1.73. The topological polar surface area (TPSA) is 49.8 Å². The van der Waals surface area contributed by atoms with Crippen LogP contribution in [0.25, 0.3) is 0 Å². The SMILES string of the molecule is COc1ccsc1C(=O)N1CCCCC1C(C)O. The Morgan fingerprint density at radius 2 is 2.39 bits per heavy atom. The van der Waals surface area contributed by atoms with Gasteiger partial charge in [0.25, 0.3) is 5.91 Å². The van der Waals surface area contributed by atoms with Gasteiger partial charge in [-0.05, 0) is 37.6 Å². The number of hydrogen-bond acceptors (Lipinski definition) is 4. The van der Waals surface area contributed by atoms with Gasteiger partial charge >= 0.3 is 0 Å². The first kappa shape index (κ1) is 13.4. The van der Waals surface area contributed by atoms with Crippen LogP contribution in [0.3, 0.4) is 0 Å². The first-order valence-electron chi connectivity index (χ1n) is 6.25. The van der Waals surface area contributed by atoms with Crippen molar-refractivity contribution >= 4 is 17.2 Å². The summed E-state index contributed by atoms with van der Waals surface area (Å²) in [5.41, 5.74) is 0. The number of amides is 1. The molecule has 1 aliphatic heterocycles. The molecule has 1 aliphatic rings. The first-order valence-corrected chi connectivity index (χ1v) is 7.13. The van der Waals surface area contributed by atoms with Crippen molar-refractivity contribution in [1.82, 2.24) is 4.90 Å². The standard InChI is InChI=1S/C13H19NO3S/c1-9(15)10-5-3-4-7-14(10)13(16)12-11(17-2)6-8-18-12/h6,8-10,15H,3-5,7H2,1-2H3. The van der Waals surface area contributed by atoms with Gasteiger partial charge < -0.3 is 14.7 Å². The zero-order valence-corrected chi connectivity index (χ0v) is 11.6. The molecule has 4 nitrogen and oxygen atoms in total. The molecule has 0 bridgehead atoms. The van der Waals surface area contributed by atoms with Crippen LogP contribution in [0.5, 0.6) is 5.75 Å². The molecule has 2 rings (SSSR count). The predicted molar refractivity (Wildman–Crippen MR) is 71.2 cm³/mol. The predicted octanol–water partition coefficient (Wildman–Crippen LogP) is 2.13. The lowest BCUT2D eigenvalue weighted by Gasteiger charge is -2.37. The molecule has 1 aromatic heterocycles. The van der Waals surface area contributed by atoms with Crippen molar-refractivity contribution in [2.45, 2.75) is 38.3 Å². The first-order chi connectivity index (χ1) is 8.65. The average Bonchev–Trinajstić information content (AvgIpc) is 2.86. The number of carbonyl (C=O) groups is 1. The molecule has 2 heterocycles. The molecule has 2 unspecified atom stereocenters. The second-order valence-electron chi connectivity index (χ2n) is 4.62. The van der Waals surface area contributed by atoms with Gasteiger partial charge in [-0.3, -0.25) is 4.79 Å². The molecule has 0 aromatic carbocycles. The molecule has 1 amide bonds. The molecule has 5 heteroatoms. The molecule has 2 atom stereocenters. The van der Waals surface area contributed by atoms with Crippen LogP contribution < -0.4 is 4.74 Å². The monoisotopic (exact) mass is 269 g/mol. The molecule has 0 radical (unpaired) electrons. The Hall–Kier alpha value is -1.07. The third kappa shape index (κ3) is 2.52. The van der Waals surface area contributed by atoms with E-state index in [4.69, 9.17) is 4.74 Å². The van der Waals surface area contributed by atoms with Gasteiger partial charge in [0, 0.05) is 6.54 Å². The summed E-state index contributed by atoms with van der Waals surface area (Å²) in [5, 5.41) is 11.7. The normalized spacial score (nSPS) is 21.7. The van der Waals surface area contributed by atoms with Crippen molar-refractivity contribution in [3.63, 3.8) is 0 Å². The number of likely N-dealkylation sites (tertiary alicyclic amines) is 1. The van der Waals surface area contributed by atoms with E-state index in [2.05, 4.69) is 0 Å². The third-order valence-electron chi connectivity index (χ3n) is 3.41. The number of aliphatic hydroxyl groups is 1. The van der Waals surface area contributed by atoms with E-state index in [1.165, 1.54) is 11.3 Å². The number of rotatable bonds is 3. The summed E-state index contributed by atoms with van der Waals surface area (Å²) in [4.78, 5) is 14.9. The molecule has 18 heavy (non-hydrogen) atoms. The summed E-state index contributed by atoms with van der Waals surface area (Å²) in [6.45, 7) is 2.47. The van der Waals surface area contributed by atoms with Gasteiger partial charge in [-0.25, -0.2) is 0 Å². The summed E-state index contributed by atoms with van der Waals surface area (Å²) in [7, 11) is 1.57. The van der Waals surface area contributed by atoms with E-state index >= 15 is 0 Å². The Kier molecular flexibility index (Phi) is 4.24. The fourth-order valence-electron chi connectivity index (χ4n) is 2.46. The lowest BCUT2D eigenvalue weighted by atomic mass is 9.98. The highest BCUT2D eigenvalue weighted by Crippen LogP contribution is 2.29. The van der Waals surface area contributed by atoms with Crippen LogP contribution in [0.2, 0.25) is 0 Å². The van der Waals surface area contributed by atoms with E-state index < -0.39 is 6.10 Å². The van der Waals surface area contributed by atoms with Crippen molar-refractivity contribution in [1.29, 1.82) is 0 Å². The van der Waals surface area contributed by atoms with Gasteiger partial charge in [0.05, 0.1) is 19.3 Å². The fraction of sp³-hybridized carbons (Fsp3) is 0.615.